The number of aromatic nitrogens is 3. The molecule has 13 aromatic rings. The highest BCUT2D eigenvalue weighted by molar-refractivity contribution is 6.20. The van der Waals surface area contributed by atoms with Crippen LogP contribution in [0.2, 0.25) is 0 Å². The topological polar surface area (TPSA) is 27.9 Å². The molecule has 9 aromatic carbocycles. The fourth-order valence-corrected chi connectivity index (χ4v) is 9.75. The molecule has 4 heterocycles. The van der Waals surface area contributed by atoms with Crippen LogP contribution in [0.1, 0.15) is 0 Å². The Morgan fingerprint density at radius 2 is 0.776 bits per heavy atom. The van der Waals surface area contributed by atoms with Crippen molar-refractivity contribution in [2.24, 2.45) is 0 Å². The third kappa shape index (κ3) is 4.34. The van der Waals surface area contributed by atoms with Crippen molar-refractivity contribution in [2.45, 2.75) is 0 Å². The highest BCUT2D eigenvalue weighted by Crippen LogP contribution is 2.43. The zero-order chi connectivity index (χ0) is 37.9. The molecule has 0 saturated heterocycles. The highest BCUT2D eigenvalue weighted by atomic mass is 16.3. The second kappa shape index (κ2) is 11.8. The first-order valence-corrected chi connectivity index (χ1v) is 19.8. The van der Waals surface area contributed by atoms with Crippen molar-refractivity contribution in [1.82, 2.24) is 13.7 Å². The molecule has 0 aliphatic rings. The fourth-order valence-electron chi connectivity index (χ4n) is 9.75. The Morgan fingerprint density at radius 3 is 1.38 bits per heavy atom. The first-order valence-electron chi connectivity index (χ1n) is 19.8. The first-order chi connectivity index (χ1) is 28.8. The first kappa shape index (κ1) is 31.4. The lowest BCUT2D eigenvalue weighted by Gasteiger charge is -2.10. The molecule has 4 heteroatoms. The van der Waals surface area contributed by atoms with E-state index in [-0.39, 0.29) is 0 Å². The molecular weight excluding hydrogens is 707 g/mol. The van der Waals surface area contributed by atoms with Gasteiger partial charge in [-0.1, -0.05) is 109 Å². The van der Waals surface area contributed by atoms with Crippen molar-refractivity contribution in [1.29, 1.82) is 0 Å². The largest absolute Gasteiger partial charge is 0.456 e. The maximum Gasteiger partial charge on any atom is 0.136 e. The normalized spacial score (nSPS) is 12.1. The minimum Gasteiger partial charge on any atom is -0.456 e. The van der Waals surface area contributed by atoms with Crippen LogP contribution in [0, 0.1) is 0 Å². The van der Waals surface area contributed by atoms with Crippen molar-refractivity contribution in [3.05, 3.63) is 200 Å². The van der Waals surface area contributed by atoms with Gasteiger partial charge in [-0.05, 0) is 102 Å². The second-order valence-electron chi connectivity index (χ2n) is 15.3. The molecule has 270 valence electrons. The third-order valence-corrected chi connectivity index (χ3v) is 12.2. The van der Waals surface area contributed by atoms with Crippen LogP contribution in [0.5, 0.6) is 0 Å². The Kier molecular flexibility index (Phi) is 6.41. The lowest BCUT2D eigenvalue weighted by Crippen LogP contribution is -1.94. The summed E-state index contributed by atoms with van der Waals surface area (Å²) in [6, 6.07) is 72.4. The Labute approximate surface area is 332 Å². The number of nitrogens with zero attached hydrogens (tertiary/aromatic N) is 3. The Hall–Kier alpha value is -7.82. The van der Waals surface area contributed by atoms with Crippen LogP contribution in [-0.2, 0) is 0 Å². The zero-order valence-corrected chi connectivity index (χ0v) is 31.3. The minimum absolute atomic E-state index is 0.877. The molecule has 4 aromatic heterocycles. The minimum atomic E-state index is 0.877. The summed E-state index contributed by atoms with van der Waals surface area (Å²) >= 11 is 0. The third-order valence-electron chi connectivity index (χ3n) is 12.2. The zero-order valence-electron chi connectivity index (χ0n) is 31.3. The van der Waals surface area contributed by atoms with E-state index in [0.29, 0.717) is 0 Å². The van der Waals surface area contributed by atoms with Gasteiger partial charge in [-0.25, -0.2) is 0 Å². The molecule has 0 N–H and O–H groups in total. The van der Waals surface area contributed by atoms with Crippen LogP contribution >= 0.6 is 0 Å². The van der Waals surface area contributed by atoms with Gasteiger partial charge in [0.2, 0.25) is 0 Å². The van der Waals surface area contributed by atoms with Crippen LogP contribution < -0.4 is 0 Å². The van der Waals surface area contributed by atoms with E-state index in [9.17, 15) is 0 Å². The smallest absolute Gasteiger partial charge is 0.136 e. The summed E-state index contributed by atoms with van der Waals surface area (Å²) in [6.45, 7) is 0. The van der Waals surface area contributed by atoms with E-state index < -0.39 is 0 Å². The summed E-state index contributed by atoms with van der Waals surface area (Å²) in [5.74, 6) is 0. The van der Waals surface area contributed by atoms with Crippen LogP contribution in [0.15, 0.2) is 205 Å². The summed E-state index contributed by atoms with van der Waals surface area (Å²) in [5, 5.41) is 9.62. The van der Waals surface area contributed by atoms with E-state index in [1.165, 1.54) is 65.4 Å². The molecule has 13 rings (SSSR count). The van der Waals surface area contributed by atoms with Gasteiger partial charge in [-0.3, -0.25) is 0 Å². The maximum absolute atomic E-state index is 6.62. The van der Waals surface area contributed by atoms with Crippen molar-refractivity contribution in [2.75, 3.05) is 0 Å². The Balaban J connectivity index is 1.05. The molecule has 0 amide bonds. The van der Waals surface area contributed by atoms with E-state index in [1.54, 1.807) is 0 Å². The summed E-state index contributed by atoms with van der Waals surface area (Å²) in [4.78, 5) is 0. The van der Waals surface area contributed by atoms with Gasteiger partial charge in [-0.15, -0.1) is 0 Å². The molecule has 0 bridgehead atoms. The Morgan fingerprint density at radius 1 is 0.276 bits per heavy atom. The van der Waals surface area contributed by atoms with Gasteiger partial charge < -0.3 is 18.1 Å². The molecule has 0 aliphatic heterocycles. The molecule has 0 atom stereocenters. The van der Waals surface area contributed by atoms with Crippen molar-refractivity contribution in [3.63, 3.8) is 0 Å². The van der Waals surface area contributed by atoms with Gasteiger partial charge in [0.25, 0.3) is 0 Å². The van der Waals surface area contributed by atoms with Crippen LogP contribution in [0.25, 0.3) is 116 Å². The van der Waals surface area contributed by atoms with E-state index in [2.05, 4.69) is 214 Å². The van der Waals surface area contributed by atoms with Crippen molar-refractivity contribution < 1.29 is 4.42 Å². The SMILES string of the molecule is c1ccc(-n2c3ccccc3c3cc(-c4cccc5oc6ccc(-n7c8ccccc8c8cc9c(cc87)c7ccccc7n9-c7ccccc7)cc6c45)ccc32)cc1. The summed E-state index contributed by atoms with van der Waals surface area (Å²) in [7, 11) is 0. The number of hydrogen-bond donors (Lipinski definition) is 0. The summed E-state index contributed by atoms with van der Waals surface area (Å²) < 4.78 is 13.8. The average Bonchev–Trinajstić information content (AvgIpc) is 4.02. The summed E-state index contributed by atoms with van der Waals surface area (Å²) in [5.41, 5.74) is 14.6. The van der Waals surface area contributed by atoms with Gasteiger partial charge in [0.15, 0.2) is 0 Å². The van der Waals surface area contributed by atoms with Gasteiger partial charge >= 0.3 is 0 Å². The fraction of sp³-hybridized carbons (Fsp3) is 0. The number of benzene rings is 9. The molecule has 0 radical (unpaired) electrons. The van der Waals surface area contributed by atoms with Gasteiger partial charge in [0.1, 0.15) is 11.2 Å². The second-order valence-corrected chi connectivity index (χ2v) is 15.3. The number of furan rings is 1. The van der Waals surface area contributed by atoms with E-state index in [0.717, 1.165) is 50.1 Å². The van der Waals surface area contributed by atoms with E-state index in [1.807, 2.05) is 0 Å². The van der Waals surface area contributed by atoms with Crippen LogP contribution in [0.4, 0.5) is 0 Å². The molecule has 58 heavy (non-hydrogen) atoms. The number of hydrogen-bond acceptors (Lipinski definition) is 1. The number of rotatable bonds is 4. The number of fused-ring (bicyclic) bond motifs is 12. The predicted molar refractivity (Wildman–Crippen MR) is 242 cm³/mol. The van der Waals surface area contributed by atoms with E-state index >= 15 is 0 Å². The molecular formula is C54H33N3O. The monoisotopic (exact) mass is 739 g/mol. The van der Waals surface area contributed by atoms with Crippen LogP contribution in [-0.4, -0.2) is 13.7 Å². The van der Waals surface area contributed by atoms with Gasteiger partial charge in [0, 0.05) is 60.2 Å². The molecule has 0 unspecified atom stereocenters. The number of para-hydroxylation sites is 5. The quantitative estimate of drug-likeness (QED) is 0.177. The Bertz CT molecular complexity index is 3790. The van der Waals surface area contributed by atoms with E-state index in [4.69, 9.17) is 4.42 Å². The van der Waals surface area contributed by atoms with Gasteiger partial charge in [-0.2, -0.15) is 0 Å². The lowest BCUT2D eigenvalue weighted by atomic mass is 9.97. The van der Waals surface area contributed by atoms with Crippen molar-refractivity contribution >= 4 is 87.4 Å². The predicted octanol–water partition coefficient (Wildman–Crippen LogP) is 14.5. The summed E-state index contributed by atoms with van der Waals surface area (Å²) in [6.07, 6.45) is 0. The highest BCUT2D eigenvalue weighted by Gasteiger charge is 2.21. The van der Waals surface area contributed by atoms with Crippen molar-refractivity contribution in [3.8, 4) is 28.2 Å². The van der Waals surface area contributed by atoms with Crippen LogP contribution in [0.3, 0.4) is 0 Å². The lowest BCUT2D eigenvalue weighted by molar-refractivity contribution is 0.669. The molecule has 0 aliphatic carbocycles. The molecule has 0 fully saturated rings. The molecule has 4 nitrogen and oxygen atoms in total. The molecule has 0 saturated carbocycles. The van der Waals surface area contributed by atoms with Gasteiger partial charge in [0.05, 0.1) is 33.1 Å². The maximum atomic E-state index is 6.62. The molecule has 0 spiro atoms. The average molecular weight is 740 g/mol. The standard InChI is InChI=1S/C54H33N3O/c1-3-14-35(15-4-1)55-46-22-10-7-18-39(46)42-30-34(26-28-49(42)55)38-21-13-25-53-54(38)45-31-37(27-29-52(45)58-53)57-48-24-12-9-20-41(48)44-32-50-43(33-51(44)57)40-19-8-11-23-47(40)56(50)36-16-5-2-6-17-36/h1-33H.